The standard InChI is InChI=1S/C19H17F3N2O3/c20-12-3-6-14-15(10-17(25)24-16(14)9-12)18(26)23-8-7-11-1-4-13(5-2-11)27-19(21)22/h1-6,9,15,19H,7-8,10H2,(H,23,26)(H,24,25). The summed E-state index contributed by atoms with van der Waals surface area (Å²) >= 11 is 0. The van der Waals surface area contributed by atoms with Gasteiger partial charge in [-0.2, -0.15) is 8.78 Å². The maximum atomic E-state index is 13.3. The molecule has 2 N–H and O–H groups in total. The third-order valence-corrected chi connectivity index (χ3v) is 4.23. The molecule has 0 spiro atoms. The number of rotatable bonds is 6. The van der Waals surface area contributed by atoms with Crippen molar-refractivity contribution < 1.29 is 27.5 Å². The predicted molar refractivity (Wildman–Crippen MR) is 92.2 cm³/mol. The van der Waals surface area contributed by atoms with E-state index in [0.717, 1.165) is 5.56 Å². The molecule has 27 heavy (non-hydrogen) atoms. The highest BCUT2D eigenvalue weighted by Crippen LogP contribution is 2.32. The minimum Gasteiger partial charge on any atom is -0.435 e. The second-order valence-electron chi connectivity index (χ2n) is 6.10. The van der Waals surface area contributed by atoms with Crippen molar-refractivity contribution in [1.29, 1.82) is 0 Å². The van der Waals surface area contributed by atoms with Gasteiger partial charge in [-0.25, -0.2) is 4.39 Å². The lowest BCUT2D eigenvalue weighted by Crippen LogP contribution is -2.36. The normalized spacial score (nSPS) is 15.9. The summed E-state index contributed by atoms with van der Waals surface area (Å²) in [6.45, 7) is -2.57. The first-order chi connectivity index (χ1) is 12.9. The SMILES string of the molecule is O=C1CC(C(=O)NCCc2ccc(OC(F)F)cc2)c2ccc(F)cc2N1. The van der Waals surface area contributed by atoms with E-state index in [1.165, 1.54) is 30.3 Å². The Balaban J connectivity index is 1.57. The molecule has 1 aliphatic rings. The highest BCUT2D eigenvalue weighted by molar-refractivity contribution is 6.01. The molecule has 0 aromatic heterocycles. The van der Waals surface area contributed by atoms with Gasteiger partial charge >= 0.3 is 6.61 Å². The van der Waals surface area contributed by atoms with Crippen LogP contribution in [0.2, 0.25) is 0 Å². The van der Waals surface area contributed by atoms with Gasteiger partial charge in [-0.1, -0.05) is 18.2 Å². The van der Waals surface area contributed by atoms with Crippen molar-refractivity contribution in [2.24, 2.45) is 0 Å². The Morgan fingerprint density at radius 1 is 1.22 bits per heavy atom. The molecule has 0 radical (unpaired) electrons. The fraction of sp³-hybridized carbons (Fsp3) is 0.263. The summed E-state index contributed by atoms with van der Waals surface area (Å²) in [5.74, 6) is -1.78. The number of hydrogen-bond donors (Lipinski definition) is 2. The van der Waals surface area contributed by atoms with Crippen LogP contribution in [0.4, 0.5) is 18.9 Å². The van der Waals surface area contributed by atoms with E-state index in [1.54, 1.807) is 12.1 Å². The van der Waals surface area contributed by atoms with Crippen LogP contribution in [0.15, 0.2) is 42.5 Å². The molecular weight excluding hydrogens is 361 g/mol. The smallest absolute Gasteiger partial charge is 0.387 e. The van der Waals surface area contributed by atoms with Crippen molar-refractivity contribution in [1.82, 2.24) is 5.32 Å². The Labute approximate surface area is 153 Å². The van der Waals surface area contributed by atoms with E-state index in [4.69, 9.17) is 0 Å². The zero-order valence-electron chi connectivity index (χ0n) is 14.2. The first-order valence-corrected chi connectivity index (χ1v) is 8.33. The third kappa shape index (κ3) is 4.78. The molecule has 0 bridgehead atoms. The molecule has 8 heteroatoms. The van der Waals surface area contributed by atoms with E-state index < -0.39 is 18.3 Å². The van der Waals surface area contributed by atoms with Crippen molar-refractivity contribution in [3.05, 3.63) is 59.4 Å². The van der Waals surface area contributed by atoms with Crippen molar-refractivity contribution in [2.75, 3.05) is 11.9 Å². The average molecular weight is 378 g/mol. The van der Waals surface area contributed by atoms with Crippen LogP contribution in [0.25, 0.3) is 0 Å². The van der Waals surface area contributed by atoms with E-state index in [1.807, 2.05) is 0 Å². The maximum absolute atomic E-state index is 13.3. The number of halogens is 3. The van der Waals surface area contributed by atoms with Gasteiger partial charge in [-0.15, -0.1) is 0 Å². The zero-order valence-corrected chi connectivity index (χ0v) is 14.2. The number of nitrogens with one attached hydrogen (secondary N) is 2. The molecule has 2 aromatic carbocycles. The highest BCUT2D eigenvalue weighted by atomic mass is 19.3. The van der Waals surface area contributed by atoms with E-state index >= 15 is 0 Å². The van der Waals surface area contributed by atoms with Gasteiger partial charge in [0.15, 0.2) is 0 Å². The fourth-order valence-corrected chi connectivity index (χ4v) is 2.96. The number of carbonyl (C=O) groups excluding carboxylic acids is 2. The van der Waals surface area contributed by atoms with Gasteiger partial charge in [0.25, 0.3) is 0 Å². The lowest BCUT2D eigenvalue weighted by molar-refractivity contribution is -0.126. The molecule has 3 rings (SSSR count). The van der Waals surface area contributed by atoms with Crippen LogP contribution in [-0.4, -0.2) is 25.0 Å². The Morgan fingerprint density at radius 3 is 2.67 bits per heavy atom. The summed E-state index contributed by atoms with van der Waals surface area (Å²) in [5, 5.41) is 5.32. The van der Waals surface area contributed by atoms with Crippen LogP contribution < -0.4 is 15.4 Å². The number of benzene rings is 2. The summed E-state index contributed by atoms with van der Waals surface area (Å²) in [7, 11) is 0. The number of hydrogen-bond acceptors (Lipinski definition) is 3. The van der Waals surface area contributed by atoms with E-state index in [-0.39, 0.29) is 24.0 Å². The van der Waals surface area contributed by atoms with Gasteiger partial charge in [0.05, 0.1) is 5.92 Å². The van der Waals surface area contributed by atoms with Crippen LogP contribution >= 0.6 is 0 Å². The zero-order chi connectivity index (χ0) is 19.4. The average Bonchev–Trinajstić information content (AvgIpc) is 2.61. The van der Waals surface area contributed by atoms with Crippen molar-refractivity contribution in [3.8, 4) is 5.75 Å². The van der Waals surface area contributed by atoms with Crippen LogP contribution in [0.1, 0.15) is 23.5 Å². The molecule has 0 aliphatic carbocycles. The summed E-state index contributed by atoms with van der Waals surface area (Å²) in [6.07, 6.45) is 0.472. The van der Waals surface area contributed by atoms with Gasteiger partial charge in [-0.3, -0.25) is 9.59 Å². The van der Waals surface area contributed by atoms with Crippen LogP contribution in [-0.2, 0) is 16.0 Å². The quantitative estimate of drug-likeness (QED) is 0.811. The van der Waals surface area contributed by atoms with Gasteiger partial charge in [0.2, 0.25) is 11.8 Å². The molecule has 2 aromatic rings. The Bertz CT molecular complexity index is 841. The molecule has 0 saturated carbocycles. The number of fused-ring (bicyclic) bond motifs is 1. The summed E-state index contributed by atoms with van der Waals surface area (Å²) < 4.78 is 41.9. The van der Waals surface area contributed by atoms with Crippen molar-refractivity contribution in [3.63, 3.8) is 0 Å². The molecule has 0 saturated heterocycles. The lowest BCUT2D eigenvalue weighted by atomic mass is 9.89. The van der Waals surface area contributed by atoms with Crippen LogP contribution in [0, 0.1) is 5.82 Å². The molecular formula is C19H17F3N2O3. The third-order valence-electron chi connectivity index (χ3n) is 4.23. The monoisotopic (exact) mass is 378 g/mol. The van der Waals surface area contributed by atoms with E-state index in [9.17, 15) is 22.8 Å². The predicted octanol–water partition coefficient (Wildman–Crippen LogP) is 3.21. The Hall–Kier alpha value is -3.03. The molecule has 1 aliphatic heterocycles. The van der Waals surface area contributed by atoms with Crippen molar-refractivity contribution in [2.45, 2.75) is 25.4 Å². The molecule has 142 valence electrons. The molecule has 0 fully saturated rings. The molecule has 1 heterocycles. The minimum absolute atomic E-state index is 0.00979. The van der Waals surface area contributed by atoms with Gasteiger partial charge in [0.1, 0.15) is 11.6 Å². The van der Waals surface area contributed by atoms with Crippen LogP contribution in [0.3, 0.4) is 0 Å². The number of anilines is 1. The van der Waals surface area contributed by atoms with Crippen LogP contribution in [0.5, 0.6) is 5.75 Å². The second-order valence-corrected chi connectivity index (χ2v) is 6.10. The number of ether oxygens (including phenoxy) is 1. The first-order valence-electron chi connectivity index (χ1n) is 8.33. The summed E-state index contributed by atoms with van der Waals surface area (Å²) in [6, 6.07) is 10.1. The first kappa shape index (κ1) is 18.8. The molecule has 1 unspecified atom stereocenters. The lowest BCUT2D eigenvalue weighted by Gasteiger charge is -2.24. The largest absolute Gasteiger partial charge is 0.435 e. The minimum atomic E-state index is -2.88. The maximum Gasteiger partial charge on any atom is 0.387 e. The highest BCUT2D eigenvalue weighted by Gasteiger charge is 2.30. The number of amides is 2. The van der Waals surface area contributed by atoms with E-state index in [0.29, 0.717) is 24.2 Å². The van der Waals surface area contributed by atoms with E-state index in [2.05, 4.69) is 15.4 Å². The van der Waals surface area contributed by atoms with Gasteiger partial charge in [0, 0.05) is 18.7 Å². The molecule has 1 atom stereocenters. The topological polar surface area (TPSA) is 67.4 Å². The van der Waals surface area contributed by atoms with Gasteiger partial charge < -0.3 is 15.4 Å². The number of carbonyl (C=O) groups is 2. The number of alkyl halides is 2. The molecule has 2 amide bonds. The summed E-state index contributed by atoms with van der Waals surface area (Å²) in [5.41, 5.74) is 1.71. The second kappa shape index (κ2) is 8.11. The molecule has 5 nitrogen and oxygen atoms in total. The summed E-state index contributed by atoms with van der Waals surface area (Å²) in [4.78, 5) is 24.2. The van der Waals surface area contributed by atoms with Crippen molar-refractivity contribution >= 4 is 17.5 Å². The van der Waals surface area contributed by atoms with Gasteiger partial charge in [-0.05, 0) is 41.8 Å². The fourth-order valence-electron chi connectivity index (χ4n) is 2.96. The Morgan fingerprint density at radius 2 is 1.96 bits per heavy atom. The Kier molecular flexibility index (Phi) is 5.63.